The summed E-state index contributed by atoms with van der Waals surface area (Å²) in [7, 11) is 4.13. The highest BCUT2D eigenvalue weighted by Gasteiger charge is 2.21. The number of anilines is 3. The molecule has 0 radical (unpaired) electrons. The van der Waals surface area contributed by atoms with Crippen LogP contribution < -0.4 is 10.2 Å². The molecule has 166 valence electrons. The van der Waals surface area contributed by atoms with Crippen LogP contribution in [0.5, 0.6) is 0 Å². The first-order valence-corrected chi connectivity index (χ1v) is 11.5. The quantitative estimate of drug-likeness (QED) is 0.474. The fraction of sp³-hybridized carbons (Fsp3) is 0.308. The summed E-state index contributed by atoms with van der Waals surface area (Å²) >= 11 is 1.67. The van der Waals surface area contributed by atoms with E-state index in [-0.39, 0.29) is 5.91 Å². The van der Waals surface area contributed by atoms with Crippen LogP contribution in [0.2, 0.25) is 0 Å². The Morgan fingerprint density at radius 2 is 1.91 bits per heavy atom. The Bertz CT molecular complexity index is 1110. The SMILES string of the molecule is Cc1ccc(NC(=O)c2cccc(C(C)(C)C#N)c2)cc1N(CCN(C)C)c1ccsc1. The molecule has 6 heteroatoms. The number of carbonyl (C=O) groups excluding carboxylic acids is 1. The minimum atomic E-state index is -0.652. The predicted molar refractivity (Wildman–Crippen MR) is 134 cm³/mol. The van der Waals surface area contributed by atoms with E-state index in [2.05, 4.69) is 59.0 Å². The lowest BCUT2D eigenvalue weighted by Crippen LogP contribution is -2.28. The Hall–Kier alpha value is -3.14. The second-order valence-electron chi connectivity index (χ2n) is 8.71. The number of nitrogens with zero attached hydrogens (tertiary/aromatic N) is 3. The summed E-state index contributed by atoms with van der Waals surface area (Å²) in [6.45, 7) is 7.54. The number of thiophene rings is 1. The molecule has 0 aliphatic heterocycles. The number of rotatable bonds is 8. The van der Waals surface area contributed by atoms with Gasteiger partial charge in [-0.1, -0.05) is 18.2 Å². The third-order valence-electron chi connectivity index (χ3n) is 5.47. The number of aryl methyl sites for hydroxylation is 1. The van der Waals surface area contributed by atoms with Gasteiger partial charge in [0.2, 0.25) is 0 Å². The van der Waals surface area contributed by atoms with Crippen LogP contribution in [0.3, 0.4) is 0 Å². The first-order chi connectivity index (χ1) is 15.2. The lowest BCUT2D eigenvalue weighted by molar-refractivity contribution is 0.102. The molecule has 0 atom stereocenters. The molecule has 0 unspecified atom stereocenters. The van der Waals surface area contributed by atoms with E-state index < -0.39 is 5.41 Å². The van der Waals surface area contributed by atoms with Crippen LogP contribution in [0.1, 0.15) is 35.3 Å². The Balaban J connectivity index is 1.88. The third-order valence-corrected chi connectivity index (χ3v) is 6.14. The molecule has 3 rings (SSSR count). The molecule has 0 spiro atoms. The second kappa shape index (κ2) is 9.99. The molecule has 1 heterocycles. The van der Waals surface area contributed by atoms with Crippen molar-refractivity contribution >= 4 is 34.3 Å². The van der Waals surface area contributed by atoms with E-state index in [1.54, 1.807) is 23.5 Å². The molecule has 5 nitrogen and oxygen atoms in total. The normalized spacial score (nSPS) is 11.3. The summed E-state index contributed by atoms with van der Waals surface area (Å²) < 4.78 is 0. The topological polar surface area (TPSA) is 59.4 Å². The van der Waals surface area contributed by atoms with Crippen molar-refractivity contribution in [2.24, 2.45) is 0 Å². The highest BCUT2D eigenvalue weighted by atomic mass is 32.1. The molecule has 0 saturated heterocycles. The zero-order valence-corrected chi connectivity index (χ0v) is 20.2. The summed E-state index contributed by atoms with van der Waals surface area (Å²) in [5.74, 6) is -0.189. The van der Waals surface area contributed by atoms with Crippen molar-refractivity contribution in [3.05, 3.63) is 76.0 Å². The fourth-order valence-corrected chi connectivity index (χ4v) is 4.04. The maximum absolute atomic E-state index is 13.0. The van der Waals surface area contributed by atoms with Crippen molar-refractivity contribution < 1.29 is 4.79 Å². The average molecular weight is 447 g/mol. The smallest absolute Gasteiger partial charge is 0.255 e. The fourth-order valence-electron chi connectivity index (χ4n) is 3.39. The van der Waals surface area contributed by atoms with Crippen molar-refractivity contribution in [2.75, 3.05) is 37.4 Å². The van der Waals surface area contributed by atoms with Gasteiger partial charge in [-0.15, -0.1) is 0 Å². The number of nitriles is 1. The third kappa shape index (κ3) is 5.56. The molecule has 1 aromatic heterocycles. The average Bonchev–Trinajstić information content (AvgIpc) is 3.30. The Morgan fingerprint density at radius 3 is 2.56 bits per heavy atom. The van der Waals surface area contributed by atoms with Gasteiger partial charge in [0.05, 0.1) is 17.2 Å². The van der Waals surface area contributed by atoms with Crippen LogP contribution in [-0.4, -0.2) is 38.0 Å². The van der Waals surface area contributed by atoms with E-state index in [1.807, 2.05) is 44.2 Å². The monoisotopic (exact) mass is 446 g/mol. The van der Waals surface area contributed by atoms with Crippen LogP contribution in [0.25, 0.3) is 0 Å². The molecule has 1 amide bonds. The summed E-state index contributed by atoms with van der Waals surface area (Å²) in [5, 5.41) is 16.7. The molecule has 32 heavy (non-hydrogen) atoms. The van der Waals surface area contributed by atoms with Crippen molar-refractivity contribution in [2.45, 2.75) is 26.2 Å². The van der Waals surface area contributed by atoms with Crippen LogP contribution >= 0.6 is 11.3 Å². The molecule has 0 fully saturated rings. The molecule has 2 aromatic carbocycles. The number of nitrogens with one attached hydrogen (secondary N) is 1. The number of likely N-dealkylation sites (N-methyl/N-ethyl adjacent to an activating group) is 1. The van der Waals surface area contributed by atoms with Gasteiger partial charge in [0, 0.05) is 35.4 Å². The Kier molecular flexibility index (Phi) is 7.34. The van der Waals surface area contributed by atoms with Crippen LogP contribution in [-0.2, 0) is 5.41 Å². The highest BCUT2D eigenvalue weighted by molar-refractivity contribution is 7.08. The van der Waals surface area contributed by atoms with Gasteiger partial charge in [-0.2, -0.15) is 16.6 Å². The highest BCUT2D eigenvalue weighted by Crippen LogP contribution is 2.32. The van der Waals surface area contributed by atoms with Crippen molar-refractivity contribution in [3.63, 3.8) is 0 Å². The van der Waals surface area contributed by atoms with Gasteiger partial charge in [0.1, 0.15) is 0 Å². The summed E-state index contributed by atoms with van der Waals surface area (Å²) in [6, 6.07) is 17.7. The van der Waals surface area contributed by atoms with E-state index in [4.69, 9.17) is 0 Å². The predicted octanol–water partition coefficient (Wildman–Crippen LogP) is 5.81. The van der Waals surface area contributed by atoms with Crippen molar-refractivity contribution in [1.29, 1.82) is 5.26 Å². The molecule has 0 aliphatic carbocycles. The minimum absolute atomic E-state index is 0.189. The number of hydrogen-bond acceptors (Lipinski definition) is 5. The largest absolute Gasteiger partial charge is 0.339 e. The zero-order chi connectivity index (χ0) is 23.3. The van der Waals surface area contributed by atoms with Crippen molar-refractivity contribution in [3.8, 4) is 6.07 Å². The molecule has 0 aliphatic rings. The van der Waals surface area contributed by atoms with Gasteiger partial charge in [0.15, 0.2) is 0 Å². The summed E-state index contributed by atoms with van der Waals surface area (Å²) in [6.07, 6.45) is 0. The maximum Gasteiger partial charge on any atom is 0.255 e. The first kappa shape index (κ1) is 23.5. The molecule has 3 aromatic rings. The molecule has 0 bridgehead atoms. The molecule has 0 saturated carbocycles. The zero-order valence-electron chi connectivity index (χ0n) is 19.3. The van der Waals surface area contributed by atoms with E-state index >= 15 is 0 Å². The summed E-state index contributed by atoms with van der Waals surface area (Å²) in [5.41, 5.74) is 4.81. The maximum atomic E-state index is 13.0. The first-order valence-electron chi connectivity index (χ1n) is 10.6. The Morgan fingerprint density at radius 1 is 1.12 bits per heavy atom. The van der Waals surface area contributed by atoms with E-state index in [9.17, 15) is 10.1 Å². The van der Waals surface area contributed by atoms with Crippen LogP contribution in [0.4, 0.5) is 17.1 Å². The van der Waals surface area contributed by atoms with Gasteiger partial charge in [-0.25, -0.2) is 0 Å². The van der Waals surface area contributed by atoms with Gasteiger partial charge in [-0.3, -0.25) is 4.79 Å². The van der Waals surface area contributed by atoms with Gasteiger partial charge in [-0.05, 0) is 81.7 Å². The van der Waals surface area contributed by atoms with E-state index in [0.717, 1.165) is 41.3 Å². The minimum Gasteiger partial charge on any atom is -0.339 e. The van der Waals surface area contributed by atoms with Crippen LogP contribution in [0.15, 0.2) is 59.3 Å². The standard InChI is InChI=1S/C26H30N4OS/c1-19-9-10-22(16-24(19)30(13-12-29(4)5)23-11-14-32-17-23)28-25(31)20-7-6-8-21(15-20)26(2,3)18-27/h6-11,14-17H,12-13H2,1-5H3,(H,28,31). The van der Waals surface area contributed by atoms with Gasteiger partial charge in [0.25, 0.3) is 5.91 Å². The van der Waals surface area contributed by atoms with Gasteiger partial charge < -0.3 is 15.1 Å². The lowest BCUT2D eigenvalue weighted by Gasteiger charge is -2.27. The number of hydrogen-bond donors (Lipinski definition) is 1. The number of benzene rings is 2. The molecule has 1 N–H and O–H groups in total. The Labute approximate surface area is 194 Å². The number of amides is 1. The molecular formula is C26H30N4OS. The van der Waals surface area contributed by atoms with E-state index in [1.165, 1.54) is 0 Å². The summed E-state index contributed by atoms with van der Waals surface area (Å²) in [4.78, 5) is 17.4. The second-order valence-corrected chi connectivity index (χ2v) is 9.49. The van der Waals surface area contributed by atoms with Crippen molar-refractivity contribution in [1.82, 2.24) is 4.90 Å². The van der Waals surface area contributed by atoms with E-state index in [0.29, 0.717) is 5.56 Å². The lowest BCUT2D eigenvalue weighted by atomic mass is 9.85. The molecular weight excluding hydrogens is 416 g/mol. The van der Waals surface area contributed by atoms with Crippen LogP contribution in [0, 0.1) is 18.3 Å². The number of carbonyl (C=O) groups is 1. The van der Waals surface area contributed by atoms with Gasteiger partial charge >= 0.3 is 0 Å².